The van der Waals surface area contributed by atoms with E-state index >= 15 is 0 Å². The fourth-order valence-electron chi connectivity index (χ4n) is 2.19. The topological polar surface area (TPSA) is 71.8 Å². The number of thioether (sulfide) groups is 1. The van der Waals surface area contributed by atoms with E-state index in [1.807, 2.05) is 6.26 Å². The molecule has 2 aromatic heterocycles. The first-order chi connectivity index (χ1) is 8.70. The molecule has 0 radical (unpaired) electrons. The van der Waals surface area contributed by atoms with Crippen LogP contribution < -0.4 is 11.3 Å². The third-order valence-corrected chi connectivity index (χ3v) is 7.65. The molecule has 1 aliphatic heterocycles. The first-order valence-corrected chi connectivity index (χ1v) is 9.35. The van der Waals surface area contributed by atoms with Crippen molar-refractivity contribution in [2.24, 2.45) is 0 Å². The summed E-state index contributed by atoms with van der Waals surface area (Å²) in [4.78, 5) is 20.2. The Morgan fingerprint density at radius 3 is 2.83 bits per heavy atom. The first kappa shape index (κ1) is 12.4. The van der Waals surface area contributed by atoms with Crippen molar-refractivity contribution < 1.29 is 0 Å². The van der Waals surface area contributed by atoms with Gasteiger partial charge >= 0.3 is 5.56 Å². The van der Waals surface area contributed by atoms with Gasteiger partial charge in [-0.3, -0.25) is 4.79 Å². The van der Waals surface area contributed by atoms with Crippen molar-refractivity contribution in [3.63, 3.8) is 0 Å². The third kappa shape index (κ3) is 1.94. The summed E-state index contributed by atoms with van der Waals surface area (Å²) < 4.78 is 1.88. The van der Waals surface area contributed by atoms with Gasteiger partial charge in [0.25, 0.3) is 0 Å². The lowest BCUT2D eigenvalue weighted by molar-refractivity contribution is 0.949. The molecule has 0 unspecified atom stereocenters. The van der Waals surface area contributed by atoms with Crippen LogP contribution in [0, 0.1) is 0 Å². The zero-order chi connectivity index (χ0) is 12.7. The summed E-state index contributed by atoms with van der Waals surface area (Å²) in [7, 11) is 0.0408. The Morgan fingerprint density at radius 2 is 2.17 bits per heavy atom. The van der Waals surface area contributed by atoms with Crippen LogP contribution in [0.5, 0.6) is 0 Å². The maximum atomic E-state index is 12.2. The van der Waals surface area contributed by atoms with Crippen molar-refractivity contribution in [3.8, 4) is 0 Å². The number of nitrogens with one attached hydrogen (secondary N) is 1. The van der Waals surface area contributed by atoms with Crippen LogP contribution >= 0.6 is 23.1 Å². The SMILES string of the molecule is CSc1nc2[nH]c(=O)c([S+]3CCCC3)c(N)c2s1. The second kappa shape index (κ2) is 4.79. The Labute approximate surface area is 116 Å². The Morgan fingerprint density at radius 1 is 1.44 bits per heavy atom. The Hall–Kier alpha value is -0.660. The van der Waals surface area contributed by atoms with E-state index in [4.69, 9.17) is 5.73 Å². The number of pyridine rings is 1. The molecule has 0 spiro atoms. The Bertz CT molecular complexity index is 643. The number of aromatic amines is 1. The molecule has 3 heterocycles. The molecule has 18 heavy (non-hydrogen) atoms. The van der Waals surface area contributed by atoms with Crippen LogP contribution in [-0.2, 0) is 10.9 Å². The van der Waals surface area contributed by atoms with Gasteiger partial charge in [0.05, 0.1) is 0 Å². The third-order valence-electron chi connectivity index (χ3n) is 3.03. The summed E-state index contributed by atoms with van der Waals surface area (Å²) in [5, 5.41) is 0. The molecule has 0 aromatic carbocycles. The molecule has 3 N–H and O–H groups in total. The number of fused-ring (bicyclic) bond motifs is 1. The molecule has 0 aliphatic carbocycles. The van der Waals surface area contributed by atoms with Gasteiger partial charge in [0.15, 0.2) is 9.99 Å². The molecule has 0 atom stereocenters. The summed E-state index contributed by atoms with van der Waals surface area (Å²) in [5.41, 5.74) is 7.48. The largest absolute Gasteiger partial charge is 0.393 e. The van der Waals surface area contributed by atoms with Gasteiger partial charge in [-0.25, -0.2) is 4.98 Å². The van der Waals surface area contributed by atoms with Crippen LogP contribution in [0.2, 0.25) is 0 Å². The van der Waals surface area contributed by atoms with E-state index in [1.165, 1.54) is 12.8 Å². The number of hydrogen-bond acceptors (Lipinski definition) is 5. The molecule has 4 nitrogen and oxygen atoms in total. The number of hydrogen-bond donors (Lipinski definition) is 2. The van der Waals surface area contributed by atoms with Crippen molar-refractivity contribution in [3.05, 3.63) is 10.4 Å². The van der Waals surface area contributed by atoms with Gasteiger partial charge in [0.2, 0.25) is 4.90 Å². The second-order valence-corrected chi connectivity index (χ2v) is 8.43. The van der Waals surface area contributed by atoms with Crippen LogP contribution in [0.3, 0.4) is 0 Å². The number of thiazole rings is 1. The zero-order valence-corrected chi connectivity index (χ0v) is 12.4. The molecule has 0 saturated carbocycles. The van der Waals surface area contributed by atoms with Gasteiger partial charge in [0.1, 0.15) is 21.9 Å². The highest BCUT2D eigenvalue weighted by molar-refractivity contribution is 8.00. The highest BCUT2D eigenvalue weighted by Gasteiger charge is 2.33. The van der Waals surface area contributed by atoms with Crippen LogP contribution in [0.1, 0.15) is 12.8 Å². The van der Waals surface area contributed by atoms with E-state index in [2.05, 4.69) is 9.97 Å². The first-order valence-electron chi connectivity index (χ1n) is 5.74. The lowest BCUT2D eigenvalue weighted by Crippen LogP contribution is -2.21. The molecule has 0 bridgehead atoms. The van der Waals surface area contributed by atoms with Crippen LogP contribution in [-0.4, -0.2) is 27.7 Å². The van der Waals surface area contributed by atoms with Gasteiger partial charge in [-0.2, -0.15) is 0 Å². The van der Waals surface area contributed by atoms with Crippen molar-refractivity contribution in [1.29, 1.82) is 0 Å². The summed E-state index contributed by atoms with van der Waals surface area (Å²) in [6.45, 7) is 0. The van der Waals surface area contributed by atoms with Crippen molar-refractivity contribution in [1.82, 2.24) is 9.97 Å². The molecular formula is C11H14N3OS3+. The number of nitrogens with zero attached hydrogens (tertiary/aromatic N) is 1. The summed E-state index contributed by atoms with van der Waals surface area (Å²) >= 11 is 3.15. The fraction of sp³-hybridized carbons (Fsp3) is 0.455. The van der Waals surface area contributed by atoms with Gasteiger partial charge in [-0.15, -0.1) is 11.3 Å². The predicted molar refractivity (Wildman–Crippen MR) is 81.0 cm³/mol. The molecule has 3 rings (SSSR count). The van der Waals surface area contributed by atoms with E-state index in [-0.39, 0.29) is 16.5 Å². The number of rotatable bonds is 2. The lowest BCUT2D eigenvalue weighted by atomic mass is 10.4. The van der Waals surface area contributed by atoms with Crippen LogP contribution in [0.25, 0.3) is 10.3 Å². The molecule has 1 aliphatic rings. The minimum atomic E-state index is -0.0387. The number of aromatic nitrogens is 2. The van der Waals surface area contributed by atoms with Crippen LogP contribution in [0.4, 0.5) is 5.69 Å². The van der Waals surface area contributed by atoms with E-state index < -0.39 is 0 Å². The highest BCUT2D eigenvalue weighted by Crippen LogP contribution is 2.34. The summed E-state index contributed by atoms with van der Waals surface area (Å²) in [6, 6.07) is 0. The molecule has 96 valence electrons. The smallest absolute Gasteiger partial charge is 0.307 e. The maximum absolute atomic E-state index is 12.2. The highest BCUT2D eigenvalue weighted by atomic mass is 32.2. The van der Waals surface area contributed by atoms with Crippen molar-refractivity contribution in [2.75, 3.05) is 23.5 Å². The maximum Gasteiger partial charge on any atom is 0.307 e. The number of H-pyrrole nitrogens is 1. The second-order valence-electron chi connectivity index (χ2n) is 4.17. The standard InChI is InChI=1S/C11H13N3OS3/c1-16-11-14-9-7(17-11)6(12)8(10(15)13-9)18-4-2-3-5-18/h2-5H2,1H3,(H2-,12,13,15)/p+1. The Kier molecular flexibility index (Phi) is 3.29. The minimum Gasteiger partial charge on any atom is -0.393 e. The monoisotopic (exact) mass is 300 g/mol. The Balaban J connectivity index is 2.22. The lowest BCUT2D eigenvalue weighted by Gasteiger charge is -2.03. The molecule has 0 amide bonds. The molecule has 1 saturated heterocycles. The van der Waals surface area contributed by atoms with Gasteiger partial charge in [0, 0.05) is 10.9 Å². The molecule has 7 heteroatoms. The van der Waals surface area contributed by atoms with E-state index in [1.54, 1.807) is 23.1 Å². The van der Waals surface area contributed by atoms with E-state index in [0.717, 1.165) is 25.4 Å². The molecule has 2 aromatic rings. The number of nitrogen functional groups attached to an aromatic ring is 1. The van der Waals surface area contributed by atoms with Gasteiger partial charge in [-0.1, -0.05) is 11.8 Å². The quantitative estimate of drug-likeness (QED) is 0.658. The fourth-order valence-corrected chi connectivity index (χ4v) is 6.18. The number of nitrogens with two attached hydrogens (primary N) is 1. The predicted octanol–water partition coefficient (Wildman–Crippen LogP) is 2.06. The zero-order valence-electron chi connectivity index (χ0n) is 9.99. The summed E-state index contributed by atoms with van der Waals surface area (Å²) in [5.74, 6) is 2.21. The average Bonchev–Trinajstić information content (AvgIpc) is 2.97. The van der Waals surface area contributed by atoms with Crippen molar-refractivity contribution >= 4 is 50.0 Å². The van der Waals surface area contributed by atoms with Gasteiger partial charge < -0.3 is 10.7 Å². The minimum absolute atomic E-state index is 0.0387. The normalized spacial score (nSPS) is 16.7. The van der Waals surface area contributed by atoms with Crippen LogP contribution in [0.15, 0.2) is 14.0 Å². The van der Waals surface area contributed by atoms with E-state index in [0.29, 0.717) is 11.3 Å². The summed E-state index contributed by atoms with van der Waals surface area (Å²) in [6.07, 6.45) is 4.39. The number of anilines is 1. The van der Waals surface area contributed by atoms with Gasteiger partial charge in [-0.05, 0) is 19.1 Å². The average molecular weight is 300 g/mol. The molecular weight excluding hydrogens is 286 g/mol. The van der Waals surface area contributed by atoms with E-state index in [9.17, 15) is 4.79 Å². The van der Waals surface area contributed by atoms with Crippen molar-refractivity contribution in [2.45, 2.75) is 22.1 Å². The molecule has 1 fully saturated rings.